The molecule has 0 unspecified atom stereocenters. The number of ether oxygens (including phenoxy) is 2. The second kappa shape index (κ2) is 9.39. The molecule has 0 aliphatic rings. The highest BCUT2D eigenvalue weighted by Crippen LogP contribution is 2.16. The summed E-state index contributed by atoms with van der Waals surface area (Å²) in [4.78, 5) is 13.4. The topological polar surface area (TPSA) is 38.8 Å². The van der Waals surface area contributed by atoms with Crippen LogP contribution >= 0.6 is 11.6 Å². The summed E-state index contributed by atoms with van der Waals surface area (Å²) in [5, 5.41) is 0.636. The molecule has 0 spiro atoms. The van der Waals surface area contributed by atoms with Crippen molar-refractivity contribution in [3.63, 3.8) is 0 Å². The number of carbonyl (C=O) groups is 1. The van der Waals surface area contributed by atoms with Crippen LogP contribution in [-0.2, 0) is 9.53 Å². The van der Waals surface area contributed by atoms with E-state index in [-0.39, 0.29) is 12.5 Å². The Morgan fingerprint density at radius 2 is 2.30 bits per heavy atom. The third-order valence-electron chi connectivity index (χ3n) is 2.52. The molecule has 1 aromatic rings. The molecule has 1 rings (SSSR count). The number of hydrogen-bond donors (Lipinski definition) is 0. The van der Waals surface area contributed by atoms with E-state index in [1.807, 2.05) is 17.0 Å². The number of esters is 1. The number of nitrogens with zero attached hydrogens (tertiary/aromatic N) is 1. The highest BCUT2D eigenvalue weighted by Gasteiger charge is 2.10. The Balaban J connectivity index is 2.38. The van der Waals surface area contributed by atoms with Crippen LogP contribution in [-0.4, -0.2) is 43.7 Å². The van der Waals surface area contributed by atoms with Gasteiger partial charge in [0.05, 0.1) is 13.2 Å². The fraction of sp³-hybridized carbons (Fsp3) is 0.400. The van der Waals surface area contributed by atoms with Crippen LogP contribution in [0.2, 0.25) is 5.02 Å². The average molecular weight is 298 g/mol. The lowest BCUT2D eigenvalue weighted by Crippen LogP contribution is -2.34. The summed E-state index contributed by atoms with van der Waals surface area (Å²) >= 11 is 5.87. The van der Waals surface area contributed by atoms with Crippen molar-refractivity contribution in [2.75, 3.05) is 32.8 Å². The quantitative estimate of drug-likeness (QED) is 0.519. The minimum Gasteiger partial charge on any atom is -0.492 e. The molecule has 0 radical (unpaired) electrons. The molecule has 0 amide bonds. The van der Waals surface area contributed by atoms with Crippen LogP contribution in [0.25, 0.3) is 0 Å². The molecule has 0 heterocycles. The van der Waals surface area contributed by atoms with Gasteiger partial charge in [0, 0.05) is 18.1 Å². The Bertz CT molecular complexity index is 437. The standard InChI is InChI=1S/C15H20ClNO3/c1-3-8-17(12-15(18)19-4-2)9-10-20-14-7-5-6-13(16)11-14/h3,5-7,11H,1,4,8-10,12H2,2H3. The summed E-state index contributed by atoms with van der Waals surface area (Å²) in [6, 6.07) is 7.22. The molecule has 0 saturated heterocycles. The number of hydrogen-bond acceptors (Lipinski definition) is 4. The first-order valence-corrected chi connectivity index (χ1v) is 6.90. The predicted molar refractivity (Wildman–Crippen MR) is 80.2 cm³/mol. The van der Waals surface area contributed by atoms with Gasteiger partial charge in [-0.3, -0.25) is 9.69 Å². The van der Waals surface area contributed by atoms with E-state index in [4.69, 9.17) is 21.1 Å². The lowest BCUT2D eigenvalue weighted by molar-refractivity contribution is -0.144. The number of carbonyl (C=O) groups excluding carboxylic acids is 1. The van der Waals surface area contributed by atoms with E-state index in [0.29, 0.717) is 37.1 Å². The third kappa shape index (κ3) is 6.59. The average Bonchev–Trinajstić information content (AvgIpc) is 2.39. The molecule has 0 saturated carbocycles. The summed E-state index contributed by atoms with van der Waals surface area (Å²) in [7, 11) is 0. The molecule has 1 aromatic carbocycles. The zero-order valence-electron chi connectivity index (χ0n) is 11.7. The monoisotopic (exact) mass is 297 g/mol. The van der Waals surface area contributed by atoms with Gasteiger partial charge in [-0.25, -0.2) is 0 Å². The molecule has 4 nitrogen and oxygen atoms in total. The lowest BCUT2D eigenvalue weighted by atomic mass is 10.3. The van der Waals surface area contributed by atoms with Crippen LogP contribution in [0.4, 0.5) is 0 Å². The minimum absolute atomic E-state index is 0.235. The SMILES string of the molecule is C=CCN(CCOc1cccc(Cl)c1)CC(=O)OCC. The Hall–Kier alpha value is -1.52. The van der Waals surface area contributed by atoms with Gasteiger partial charge in [-0.15, -0.1) is 6.58 Å². The van der Waals surface area contributed by atoms with Crippen molar-refractivity contribution in [3.05, 3.63) is 41.9 Å². The first-order chi connectivity index (χ1) is 9.65. The minimum atomic E-state index is -0.239. The summed E-state index contributed by atoms with van der Waals surface area (Å²) in [5.74, 6) is 0.476. The molecule has 0 aliphatic carbocycles. The maximum Gasteiger partial charge on any atom is 0.320 e. The molecular formula is C15H20ClNO3. The number of rotatable bonds is 9. The van der Waals surface area contributed by atoms with Crippen LogP contribution < -0.4 is 4.74 Å². The summed E-state index contributed by atoms with van der Waals surface area (Å²) in [6.45, 7) is 7.78. The lowest BCUT2D eigenvalue weighted by Gasteiger charge is -2.19. The molecule has 0 aromatic heterocycles. The number of halogens is 1. The van der Waals surface area contributed by atoms with Gasteiger partial charge in [0.15, 0.2) is 0 Å². The fourth-order valence-corrected chi connectivity index (χ4v) is 1.84. The second-order valence-corrected chi connectivity index (χ2v) is 4.57. The summed E-state index contributed by atoms with van der Waals surface area (Å²) in [5.41, 5.74) is 0. The van der Waals surface area contributed by atoms with Crippen LogP contribution in [0.5, 0.6) is 5.75 Å². The first kappa shape index (κ1) is 16.5. The Labute approximate surface area is 124 Å². The van der Waals surface area contributed by atoms with E-state index in [1.54, 1.807) is 25.1 Å². The Kier molecular flexibility index (Phi) is 7.77. The molecule has 0 bridgehead atoms. The highest BCUT2D eigenvalue weighted by atomic mass is 35.5. The van der Waals surface area contributed by atoms with Gasteiger partial charge < -0.3 is 9.47 Å². The van der Waals surface area contributed by atoms with Gasteiger partial charge in [0.2, 0.25) is 0 Å². The van der Waals surface area contributed by atoms with Crippen molar-refractivity contribution in [2.45, 2.75) is 6.92 Å². The van der Waals surface area contributed by atoms with E-state index >= 15 is 0 Å². The van der Waals surface area contributed by atoms with Crippen molar-refractivity contribution in [1.82, 2.24) is 4.90 Å². The molecule has 0 N–H and O–H groups in total. The van der Waals surface area contributed by atoms with Crippen LogP contribution in [0.3, 0.4) is 0 Å². The predicted octanol–water partition coefficient (Wildman–Crippen LogP) is 2.77. The highest BCUT2D eigenvalue weighted by molar-refractivity contribution is 6.30. The van der Waals surface area contributed by atoms with Crippen molar-refractivity contribution < 1.29 is 14.3 Å². The summed E-state index contributed by atoms with van der Waals surface area (Å²) in [6.07, 6.45) is 1.75. The third-order valence-corrected chi connectivity index (χ3v) is 2.75. The summed E-state index contributed by atoms with van der Waals surface area (Å²) < 4.78 is 10.5. The van der Waals surface area contributed by atoms with Gasteiger partial charge in [-0.05, 0) is 25.1 Å². The van der Waals surface area contributed by atoms with Crippen LogP contribution in [0, 0.1) is 0 Å². The molecule has 0 atom stereocenters. The normalized spacial score (nSPS) is 10.3. The van der Waals surface area contributed by atoms with Gasteiger partial charge in [0.1, 0.15) is 12.4 Å². The maximum atomic E-state index is 11.4. The largest absolute Gasteiger partial charge is 0.492 e. The van der Waals surface area contributed by atoms with Crippen molar-refractivity contribution in [2.24, 2.45) is 0 Å². The maximum absolute atomic E-state index is 11.4. The molecule has 0 aliphatic heterocycles. The van der Waals surface area contributed by atoms with Crippen LogP contribution in [0.1, 0.15) is 6.92 Å². The smallest absolute Gasteiger partial charge is 0.320 e. The molecule has 110 valence electrons. The Morgan fingerprint density at radius 3 is 2.95 bits per heavy atom. The zero-order chi connectivity index (χ0) is 14.8. The second-order valence-electron chi connectivity index (χ2n) is 4.13. The van der Waals surface area contributed by atoms with E-state index in [1.165, 1.54) is 0 Å². The zero-order valence-corrected chi connectivity index (χ0v) is 12.4. The first-order valence-electron chi connectivity index (χ1n) is 6.53. The van der Waals surface area contributed by atoms with Crippen LogP contribution in [0.15, 0.2) is 36.9 Å². The van der Waals surface area contributed by atoms with Gasteiger partial charge in [-0.2, -0.15) is 0 Å². The molecular weight excluding hydrogens is 278 g/mol. The van der Waals surface area contributed by atoms with E-state index in [0.717, 1.165) is 0 Å². The van der Waals surface area contributed by atoms with Gasteiger partial charge >= 0.3 is 5.97 Å². The van der Waals surface area contributed by atoms with E-state index in [9.17, 15) is 4.79 Å². The number of benzene rings is 1. The fourth-order valence-electron chi connectivity index (χ4n) is 1.66. The van der Waals surface area contributed by atoms with Gasteiger partial charge in [0.25, 0.3) is 0 Å². The van der Waals surface area contributed by atoms with Crippen molar-refractivity contribution in [1.29, 1.82) is 0 Å². The molecule has 20 heavy (non-hydrogen) atoms. The molecule has 5 heteroatoms. The van der Waals surface area contributed by atoms with Gasteiger partial charge in [-0.1, -0.05) is 23.7 Å². The van der Waals surface area contributed by atoms with E-state index < -0.39 is 0 Å². The molecule has 0 fully saturated rings. The Morgan fingerprint density at radius 1 is 1.50 bits per heavy atom. The van der Waals surface area contributed by atoms with Crippen molar-refractivity contribution >= 4 is 17.6 Å². The van der Waals surface area contributed by atoms with E-state index in [2.05, 4.69) is 6.58 Å². The van der Waals surface area contributed by atoms with Crippen molar-refractivity contribution in [3.8, 4) is 5.75 Å².